The molecule has 0 aromatic heterocycles. The standard InChI is InChI=1S/C32H37N3O3/c1-5-34(6-2)25-16-14-22(15-17-25)32-31-28(33-27-12-7-8-13-29(27)35(32)21(3)36)19-24(20-30(31)37)23-10-9-11-26(18-23)38-4/h7-8,11-18,24,32-33H,5-6,9-10,19-20H2,1-4H3. The Morgan fingerprint density at radius 1 is 1.08 bits per heavy atom. The van der Waals surface area contributed by atoms with E-state index in [0.717, 1.165) is 66.4 Å². The van der Waals surface area contributed by atoms with Crippen LogP contribution in [0.4, 0.5) is 17.1 Å². The van der Waals surface area contributed by atoms with Crippen molar-refractivity contribution in [1.29, 1.82) is 0 Å². The number of nitrogens with one attached hydrogen (secondary N) is 1. The van der Waals surface area contributed by atoms with Gasteiger partial charge in [0.05, 0.1) is 24.5 Å². The van der Waals surface area contributed by atoms with Crippen LogP contribution in [0.1, 0.15) is 58.1 Å². The van der Waals surface area contributed by atoms with E-state index < -0.39 is 6.04 Å². The normalized spacial score (nSPS) is 20.9. The first-order chi connectivity index (χ1) is 18.4. The maximum atomic E-state index is 14.0. The number of hydrogen-bond donors (Lipinski definition) is 1. The van der Waals surface area contributed by atoms with Crippen LogP contribution in [0.3, 0.4) is 0 Å². The van der Waals surface area contributed by atoms with E-state index >= 15 is 0 Å². The van der Waals surface area contributed by atoms with Gasteiger partial charge < -0.3 is 15.0 Å². The van der Waals surface area contributed by atoms with Crippen molar-refractivity contribution in [3.63, 3.8) is 0 Å². The van der Waals surface area contributed by atoms with Crippen molar-refractivity contribution in [2.45, 2.75) is 52.5 Å². The average Bonchev–Trinajstić information content (AvgIpc) is 3.09. The maximum absolute atomic E-state index is 14.0. The average molecular weight is 512 g/mol. The van der Waals surface area contributed by atoms with Gasteiger partial charge in [0, 0.05) is 43.4 Å². The van der Waals surface area contributed by atoms with Gasteiger partial charge in [-0.15, -0.1) is 0 Å². The van der Waals surface area contributed by atoms with Crippen LogP contribution in [0.2, 0.25) is 0 Å². The minimum atomic E-state index is -0.493. The van der Waals surface area contributed by atoms with Crippen molar-refractivity contribution in [3.05, 3.63) is 88.8 Å². The topological polar surface area (TPSA) is 61.9 Å². The highest BCUT2D eigenvalue weighted by Crippen LogP contribution is 2.47. The summed E-state index contributed by atoms with van der Waals surface area (Å²) >= 11 is 0. The van der Waals surface area contributed by atoms with Crippen molar-refractivity contribution >= 4 is 28.8 Å². The number of carbonyl (C=O) groups is 2. The summed E-state index contributed by atoms with van der Waals surface area (Å²) in [5.74, 6) is 0.974. The molecule has 2 aliphatic carbocycles. The van der Waals surface area contributed by atoms with Gasteiger partial charge in [-0.25, -0.2) is 0 Å². The molecular formula is C32H37N3O3. The number of allylic oxidation sites excluding steroid dienone is 4. The lowest BCUT2D eigenvalue weighted by Crippen LogP contribution is -2.37. The number of amides is 1. The summed E-state index contributed by atoms with van der Waals surface area (Å²) in [5.41, 5.74) is 6.58. The molecule has 0 bridgehead atoms. The predicted octanol–water partition coefficient (Wildman–Crippen LogP) is 6.54. The monoisotopic (exact) mass is 511 g/mol. The molecule has 0 saturated carbocycles. The Labute approximate surface area is 225 Å². The van der Waals surface area contributed by atoms with E-state index in [4.69, 9.17) is 4.74 Å². The molecule has 0 saturated heterocycles. The zero-order chi connectivity index (χ0) is 26.8. The number of ether oxygens (including phenoxy) is 1. The fourth-order valence-electron chi connectivity index (χ4n) is 6.13. The molecule has 2 aromatic rings. The fourth-order valence-corrected chi connectivity index (χ4v) is 6.13. The molecule has 1 N–H and O–H groups in total. The number of ketones is 1. The fraction of sp³-hybridized carbons (Fsp3) is 0.375. The van der Waals surface area contributed by atoms with Crippen LogP contribution in [0, 0.1) is 5.92 Å². The van der Waals surface area contributed by atoms with Gasteiger partial charge in [0.1, 0.15) is 5.76 Å². The van der Waals surface area contributed by atoms with Crippen LogP contribution in [0.5, 0.6) is 0 Å². The van der Waals surface area contributed by atoms with Gasteiger partial charge in [0.15, 0.2) is 5.78 Å². The van der Waals surface area contributed by atoms with Gasteiger partial charge in [-0.2, -0.15) is 0 Å². The molecule has 6 heteroatoms. The molecule has 1 heterocycles. The molecule has 0 radical (unpaired) electrons. The second-order valence-corrected chi connectivity index (χ2v) is 10.2. The van der Waals surface area contributed by atoms with Crippen molar-refractivity contribution in [2.75, 3.05) is 35.3 Å². The number of rotatable bonds is 6. The Balaban J connectivity index is 1.63. The summed E-state index contributed by atoms with van der Waals surface area (Å²) in [6.45, 7) is 7.71. The molecule has 1 amide bonds. The maximum Gasteiger partial charge on any atom is 0.224 e. The lowest BCUT2D eigenvalue weighted by molar-refractivity contribution is -0.117. The Kier molecular flexibility index (Phi) is 7.41. The van der Waals surface area contributed by atoms with E-state index in [-0.39, 0.29) is 17.6 Å². The second kappa shape index (κ2) is 10.9. The third-order valence-corrected chi connectivity index (χ3v) is 8.03. The molecular weight excluding hydrogens is 474 g/mol. The van der Waals surface area contributed by atoms with E-state index in [9.17, 15) is 9.59 Å². The van der Waals surface area contributed by atoms with Crippen molar-refractivity contribution in [2.24, 2.45) is 5.92 Å². The minimum Gasteiger partial charge on any atom is -0.497 e. The molecule has 0 fully saturated rings. The summed E-state index contributed by atoms with van der Waals surface area (Å²) in [6.07, 6.45) is 7.20. The highest BCUT2D eigenvalue weighted by Gasteiger charge is 2.41. The lowest BCUT2D eigenvalue weighted by Gasteiger charge is -2.35. The molecule has 3 aliphatic rings. The molecule has 198 valence electrons. The number of anilines is 3. The van der Waals surface area contributed by atoms with Crippen LogP contribution in [0.15, 0.2) is 83.3 Å². The SMILES string of the molecule is CCN(CC)c1ccc(C2C3=C(CC(C4=CC(OC)=CCC4)CC3=O)Nc3ccccc3N2C(C)=O)cc1. The zero-order valence-corrected chi connectivity index (χ0v) is 22.8. The minimum absolute atomic E-state index is 0.0920. The number of fused-ring (bicyclic) bond motifs is 1. The molecule has 1 aliphatic heterocycles. The van der Waals surface area contributed by atoms with Gasteiger partial charge in [-0.05, 0) is 81.0 Å². The number of nitrogens with zero attached hydrogens (tertiary/aromatic N) is 2. The van der Waals surface area contributed by atoms with Gasteiger partial charge in [0.25, 0.3) is 0 Å². The van der Waals surface area contributed by atoms with E-state index in [2.05, 4.69) is 60.5 Å². The molecule has 2 atom stereocenters. The summed E-state index contributed by atoms with van der Waals surface area (Å²) in [7, 11) is 1.69. The lowest BCUT2D eigenvalue weighted by atomic mass is 9.76. The third-order valence-electron chi connectivity index (χ3n) is 8.03. The third kappa shape index (κ3) is 4.75. The van der Waals surface area contributed by atoms with Crippen molar-refractivity contribution in [3.8, 4) is 0 Å². The molecule has 0 spiro atoms. The van der Waals surface area contributed by atoms with Crippen LogP contribution < -0.4 is 15.1 Å². The summed E-state index contributed by atoms with van der Waals surface area (Å²) in [4.78, 5) is 31.4. The Bertz CT molecular complexity index is 1320. The van der Waals surface area contributed by atoms with E-state index in [0.29, 0.717) is 12.0 Å². The summed E-state index contributed by atoms with van der Waals surface area (Å²) in [6, 6.07) is 15.7. The van der Waals surface area contributed by atoms with Crippen LogP contribution in [-0.2, 0) is 14.3 Å². The molecule has 5 rings (SSSR count). The highest BCUT2D eigenvalue weighted by molar-refractivity contribution is 6.05. The second-order valence-electron chi connectivity index (χ2n) is 10.2. The van der Waals surface area contributed by atoms with E-state index in [1.807, 2.05) is 24.3 Å². The molecule has 2 aromatic carbocycles. The van der Waals surface area contributed by atoms with Gasteiger partial charge in [-0.1, -0.05) is 29.8 Å². The van der Waals surface area contributed by atoms with E-state index in [1.54, 1.807) is 18.9 Å². The molecule has 2 unspecified atom stereocenters. The number of Topliss-reactive ketones (excluding diaryl/α,β-unsaturated/α-hetero) is 1. The smallest absolute Gasteiger partial charge is 0.224 e. The number of hydrogen-bond acceptors (Lipinski definition) is 5. The Hall–Kier alpha value is -3.80. The largest absolute Gasteiger partial charge is 0.497 e. The quantitative estimate of drug-likeness (QED) is 0.477. The zero-order valence-electron chi connectivity index (χ0n) is 22.8. The number of methoxy groups -OCH3 is 1. The number of benzene rings is 2. The van der Waals surface area contributed by atoms with Crippen molar-refractivity contribution in [1.82, 2.24) is 0 Å². The van der Waals surface area contributed by atoms with Crippen molar-refractivity contribution < 1.29 is 14.3 Å². The first-order valence-electron chi connectivity index (χ1n) is 13.7. The summed E-state index contributed by atoms with van der Waals surface area (Å²) in [5, 5.41) is 3.60. The Morgan fingerprint density at radius 2 is 1.82 bits per heavy atom. The Morgan fingerprint density at radius 3 is 2.50 bits per heavy atom. The van der Waals surface area contributed by atoms with Crippen LogP contribution in [0.25, 0.3) is 0 Å². The first kappa shape index (κ1) is 25.8. The number of para-hydroxylation sites is 2. The van der Waals surface area contributed by atoms with E-state index in [1.165, 1.54) is 5.57 Å². The van der Waals surface area contributed by atoms with Crippen LogP contribution >= 0.6 is 0 Å². The van der Waals surface area contributed by atoms with Crippen LogP contribution in [-0.4, -0.2) is 31.9 Å². The van der Waals surface area contributed by atoms with Gasteiger partial charge >= 0.3 is 0 Å². The summed E-state index contributed by atoms with van der Waals surface area (Å²) < 4.78 is 5.49. The number of carbonyl (C=O) groups excluding carboxylic acids is 2. The predicted molar refractivity (Wildman–Crippen MR) is 153 cm³/mol. The molecule has 6 nitrogen and oxygen atoms in total. The van der Waals surface area contributed by atoms with Gasteiger partial charge in [-0.3, -0.25) is 14.5 Å². The van der Waals surface area contributed by atoms with Gasteiger partial charge in [0.2, 0.25) is 5.91 Å². The first-order valence-corrected chi connectivity index (χ1v) is 13.7. The molecule has 38 heavy (non-hydrogen) atoms. The highest BCUT2D eigenvalue weighted by atomic mass is 16.5.